The molecule has 0 aliphatic carbocycles. The highest BCUT2D eigenvalue weighted by molar-refractivity contribution is 5.73. The first-order valence-corrected chi connectivity index (χ1v) is 7.21. The van der Waals surface area contributed by atoms with E-state index in [2.05, 4.69) is 51.8 Å². The summed E-state index contributed by atoms with van der Waals surface area (Å²) in [5.41, 5.74) is 4.76. The second-order valence-electron chi connectivity index (χ2n) is 5.22. The number of rotatable bonds is 3. The fraction of sp³-hybridized carbons (Fsp3) is 0.176. The van der Waals surface area contributed by atoms with Gasteiger partial charge in [-0.15, -0.1) is 5.10 Å². The van der Waals surface area contributed by atoms with Gasteiger partial charge in [0.05, 0.1) is 12.1 Å². The van der Waals surface area contributed by atoms with Crippen molar-refractivity contribution < 1.29 is 0 Å². The van der Waals surface area contributed by atoms with Crippen LogP contribution in [-0.2, 0) is 13.0 Å². The zero-order valence-corrected chi connectivity index (χ0v) is 11.7. The number of fused-ring (bicyclic) bond motifs is 2. The van der Waals surface area contributed by atoms with E-state index in [0.717, 1.165) is 30.5 Å². The highest BCUT2D eigenvalue weighted by Crippen LogP contribution is 2.27. The van der Waals surface area contributed by atoms with Crippen LogP contribution in [0.1, 0.15) is 5.56 Å². The van der Waals surface area contributed by atoms with Crippen molar-refractivity contribution in [3.63, 3.8) is 0 Å². The standard InChI is InChI=1S/C17H16N4/c1-3-8-16-14(6-1)10-13-20(16)11-5-12-21-17-9-4-2-7-15(17)18-19-21/h1-9,11H,10,12-13H2/b11-5+. The Morgan fingerprint density at radius 1 is 1.05 bits per heavy atom. The van der Waals surface area contributed by atoms with E-state index >= 15 is 0 Å². The maximum absolute atomic E-state index is 4.20. The minimum atomic E-state index is 0.735. The largest absolute Gasteiger partial charge is 0.348 e. The van der Waals surface area contributed by atoms with Gasteiger partial charge in [0.2, 0.25) is 0 Å². The summed E-state index contributed by atoms with van der Waals surface area (Å²) >= 11 is 0. The van der Waals surface area contributed by atoms with Crippen LogP contribution in [0.4, 0.5) is 5.69 Å². The van der Waals surface area contributed by atoms with E-state index in [1.165, 1.54) is 11.3 Å². The molecule has 1 aliphatic heterocycles. The predicted molar refractivity (Wildman–Crippen MR) is 84.2 cm³/mol. The molecule has 1 aliphatic rings. The maximum Gasteiger partial charge on any atom is 0.113 e. The van der Waals surface area contributed by atoms with Crippen molar-refractivity contribution in [2.45, 2.75) is 13.0 Å². The summed E-state index contributed by atoms with van der Waals surface area (Å²) in [7, 11) is 0. The zero-order valence-electron chi connectivity index (χ0n) is 11.7. The van der Waals surface area contributed by atoms with Gasteiger partial charge in [-0.05, 0) is 36.3 Å². The van der Waals surface area contributed by atoms with Gasteiger partial charge >= 0.3 is 0 Å². The number of nitrogens with zero attached hydrogens (tertiary/aromatic N) is 4. The first-order valence-electron chi connectivity index (χ1n) is 7.21. The third-order valence-corrected chi connectivity index (χ3v) is 3.91. The zero-order chi connectivity index (χ0) is 14.1. The molecule has 1 aromatic heterocycles. The molecule has 0 atom stereocenters. The van der Waals surface area contributed by atoms with E-state index in [9.17, 15) is 0 Å². The summed E-state index contributed by atoms with van der Waals surface area (Å²) < 4.78 is 1.92. The summed E-state index contributed by atoms with van der Waals surface area (Å²) in [4.78, 5) is 2.30. The van der Waals surface area contributed by atoms with Crippen molar-refractivity contribution in [2.75, 3.05) is 11.4 Å². The molecule has 0 unspecified atom stereocenters. The number of hydrogen-bond acceptors (Lipinski definition) is 3. The van der Waals surface area contributed by atoms with E-state index in [4.69, 9.17) is 0 Å². The minimum absolute atomic E-state index is 0.735. The molecule has 4 heteroatoms. The smallest absolute Gasteiger partial charge is 0.113 e. The summed E-state index contributed by atoms with van der Waals surface area (Å²) in [5, 5.41) is 8.37. The normalized spacial score (nSPS) is 14.2. The van der Waals surface area contributed by atoms with Crippen LogP contribution in [-0.4, -0.2) is 21.5 Å². The van der Waals surface area contributed by atoms with E-state index in [1.54, 1.807) is 0 Å². The number of aromatic nitrogens is 3. The van der Waals surface area contributed by atoms with Crippen LogP contribution in [0.15, 0.2) is 60.8 Å². The van der Waals surface area contributed by atoms with Crippen molar-refractivity contribution in [3.05, 3.63) is 66.4 Å². The van der Waals surface area contributed by atoms with Gasteiger partial charge in [0.1, 0.15) is 5.52 Å². The highest BCUT2D eigenvalue weighted by Gasteiger charge is 2.15. The topological polar surface area (TPSA) is 34.0 Å². The average Bonchev–Trinajstić information content (AvgIpc) is 3.13. The van der Waals surface area contributed by atoms with Crippen LogP contribution in [0.2, 0.25) is 0 Å². The monoisotopic (exact) mass is 276 g/mol. The number of para-hydroxylation sites is 2. The number of anilines is 1. The van der Waals surface area contributed by atoms with Gasteiger partial charge in [-0.1, -0.05) is 35.5 Å². The molecule has 0 radical (unpaired) electrons. The second kappa shape index (κ2) is 5.05. The van der Waals surface area contributed by atoms with Crippen molar-refractivity contribution in [1.82, 2.24) is 15.0 Å². The molecule has 3 aromatic rings. The third kappa shape index (κ3) is 2.18. The van der Waals surface area contributed by atoms with Gasteiger partial charge in [-0.3, -0.25) is 0 Å². The Morgan fingerprint density at radius 2 is 1.90 bits per heavy atom. The highest BCUT2D eigenvalue weighted by atomic mass is 15.4. The van der Waals surface area contributed by atoms with E-state index in [-0.39, 0.29) is 0 Å². The first-order chi connectivity index (χ1) is 10.4. The van der Waals surface area contributed by atoms with Crippen molar-refractivity contribution in [3.8, 4) is 0 Å². The van der Waals surface area contributed by atoms with Gasteiger partial charge < -0.3 is 4.90 Å². The van der Waals surface area contributed by atoms with Crippen molar-refractivity contribution >= 4 is 16.7 Å². The number of benzene rings is 2. The molecule has 0 spiro atoms. The van der Waals surface area contributed by atoms with Crippen LogP contribution in [0.3, 0.4) is 0 Å². The first kappa shape index (κ1) is 12.1. The van der Waals surface area contributed by atoms with Crippen LogP contribution >= 0.6 is 0 Å². The van der Waals surface area contributed by atoms with Crippen molar-refractivity contribution in [2.24, 2.45) is 0 Å². The summed E-state index contributed by atoms with van der Waals surface area (Å²) in [6.45, 7) is 1.78. The molecule has 4 rings (SSSR count). The van der Waals surface area contributed by atoms with Crippen LogP contribution in [0.25, 0.3) is 11.0 Å². The molecule has 21 heavy (non-hydrogen) atoms. The fourth-order valence-corrected chi connectivity index (χ4v) is 2.85. The van der Waals surface area contributed by atoms with Crippen molar-refractivity contribution in [1.29, 1.82) is 0 Å². The lowest BCUT2D eigenvalue weighted by atomic mass is 10.2. The Labute approximate surface area is 123 Å². The second-order valence-corrected chi connectivity index (χ2v) is 5.22. The molecule has 0 bridgehead atoms. The summed E-state index contributed by atoms with van der Waals surface area (Å²) in [6.07, 6.45) is 5.41. The van der Waals surface area contributed by atoms with Crippen LogP contribution < -0.4 is 4.90 Å². The quantitative estimate of drug-likeness (QED) is 0.737. The molecule has 0 saturated carbocycles. The molecule has 2 heterocycles. The van der Waals surface area contributed by atoms with Gasteiger partial charge in [0, 0.05) is 18.4 Å². The molecule has 0 N–H and O–H groups in total. The van der Waals surface area contributed by atoms with Crippen LogP contribution in [0, 0.1) is 0 Å². The lowest BCUT2D eigenvalue weighted by Crippen LogP contribution is -2.12. The van der Waals surface area contributed by atoms with Gasteiger partial charge in [0.25, 0.3) is 0 Å². The predicted octanol–water partition coefficient (Wildman–Crippen LogP) is 3.01. The van der Waals surface area contributed by atoms with E-state index in [1.807, 2.05) is 28.9 Å². The maximum atomic E-state index is 4.20. The molecule has 4 nitrogen and oxygen atoms in total. The molecular weight excluding hydrogens is 260 g/mol. The Balaban J connectivity index is 1.52. The van der Waals surface area contributed by atoms with E-state index in [0.29, 0.717) is 0 Å². The molecule has 0 saturated heterocycles. The molecule has 0 amide bonds. The number of hydrogen-bond donors (Lipinski definition) is 0. The summed E-state index contributed by atoms with van der Waals surface area (Å²) in [6, 6.07) is 16.6. The Kier molecular flexibility index (Phi) is 2.92. The minimum Gasteiger partial charge on any atom is -0.348 e. The third-order valence-electron chi connectivity index (χ3n) is 3.91. The number of allylic oxidation sites excluding steroid dienone is 1. The molecule has 2 aromatic carbocycles. The van der Waals surface area contributed by atoms with Gasteiger partial charge in [-0.2, -0.15) is 0 Å². The lowest BCUT2D eigenvalue weighted by molar-refractivity contribution is 0.681. The molecular formula is C17H16N4. The summed E-state index contributed by atoms with van der Waals surface area (Å²) in [5.74, 6) is 0. The Hall–Kier alpha value is -2.62. The Bertz CT molecular complexity index is 803. The van der Waals surface area contributed by atoms with Gasteiger partial charge in [-0.25, -0.2) is 4.68 Å². The fourth-order valence-electron chi connectivity index (χ4n) is 2.85. The Morgan fingerprint density at radius 3 is 2.90 bits per heavy atom. The van der Waals surface area contributed by atoms with Crippen LogP contribution in [0.5, 0.6) is 0 Å². The average molecular weight is 276 g/mol. The molecule has 104 valence electrons. The van der Waals surface area contributed by atoms with Gasteiger partial charge in [0.15, 0.2) is 0 Å². The lowest BCUT2D eigenvalue weighted by Gasteiger charge is -2.13. The SMILES string of the molecule is C(=C\N1CCc2ccccc21)/Cn1nnc2ccccc21. The van der Waals surface area contributed by atoms with E-state index < -0.39 is 0 Å². The molecule has 0 fully saturated rings.